The fourth-order valence-electron chi connectivity index (χ4n) is 2.22. The fraction of sp³-hybridized carbons (Fsp3) is 0.143. The Balaban J connectivity index is 1.67. The van der Waals surface area contributed by atoms with E-state index >= 15 is 0 Å². The maximum atomic E-state index is 6.08. The van der Waals surface area contributed by atoms with E-state index in [1.165, 1.54) is 11.3 Å². The minimum Gasteiger partial charge on any atom is -0.497 e. The van der Waals surface area contributed by atoms with Crippen LogP contribution in [-0.4, -0.2) is 37.1 Å². The largest absolute Gasteiger partial charge is 0.497 e. The van der Waals surface area contributed by atoms with Crippen LogP contribution in [0.1, 0.15) is 11.4 Å². The Morgan fingerprint density at radius 2 is 2.09 bits per heavy atom. The van der Waals surface area contributed by atoms with Gasteiger partial charge < -0.3 is 4.74 Å². The molecule has 7 nitrogen and oxygen atoms in total. The van der Waals surface area contributed by atoms with Gasteiger partial charge >= 0.3 is 0 Å². The maximum absolute atomic E-state index is 6.08. The van der Waals surface area contributed by atoms with Crippen LogP contribution in [0.25, 0.3) is 15.7 Å². The van der Waals surface area contributed by atoms with Gasteiger partial charge in [-0.25, -0.2) is 0 Å². The first kappa shape index (κ1) is 14.2. The molecule has 4 aromatic rings. The highest BCUT2D eigenvalue weighted by atomic mass is 35.5. The molecule has 0 aliphatic carbocycles. The molecular weight excluding hydrogens is 336 g/mol. The third-order valence-electron chi connectivity index (χ3n) is 3.38. The topological polar surface area (TPSA) is 81.0 Å². The summed E-state index contributed by atoms with van der Waals surface area (Å²) in [4.78, 5) is 0.717. The lowest BCUT2D eigenvalue weighted by Gasteiger charge is -2.01. The van der Waals surface area contributed by atoms with Crippen molar-refractivity contribution in [2.75, 3.05) is 7.11 Å². The van der Waals surface area contributed by atoms with Gasteiger partial charge in [0.1, 0.15) is 11.4 Å². The highest BCUT2D eigenvalue weighted by Gasteiger charge is 2.16. The summed E-state index contributed by atoms with van der Waals surface area (Å²) in [5.41, 5.74) is 1.80. The molecule has 0 bridgehead atoms. The molecule has 0 amide bonds. The zero-order chi connectivity index (χ0) is 15.8. The van der Waals surface area contributed by atoms with E-state index in [1.807, 2.05) is 24.3 Å². The van der Waals surface area contributed by atoms with Crippen molar-refractivity contribution in [2.24, 2.45) is 0 Å². The Kier molecular flexibility index (Phi) is 3.47. The molecule has 3 heterocycles. The number of fused-ring (bicyclic) bond motifs is 1. The van der Waals surface area contributed by atoms with Crippen molar-refractivity contribution in [1.82, 2.24) is 30.0 Å². The van der Waals surface area contributed by atoms with Crippen LogP contribution < -0.4 is 4.74 Å². The number of nitrogens with zero attached hydrogens (tertiary/aromatic N) is 5. The predicted octanol–water partition coefficient (Wildman–Crippen LogP) is 2.83. The summed E-state index contributed by atoms with van der Waals surface area (Å²) < 4.78 is 6.90. The molecule has 23 heavy (non-hydrogen) atoms. The minimum atomic E-state index is 0.534. The molecule has 0 saturated heterocycles. The number of hydrogen-bond acceptors (Lipinski definition) is 6. The Labute approximate surface area is 139 Å². The number of halogens is 1. The zero-order valence-electron chi connectivity index (χ0n) is 12.0. The summed E-state index contributed by atoms with van der Waals surface area (Å²) in [5.74, 6) is 1.59. The molecule has 3 aromatic heterocycles. The molecule has 1 N–H and O–H groups in total. The van der Waals surface area contributed by atoms with E-state index in [2.05, 4.69) is 25.5 Å². The second kappa shape index (κ2) is 5.64. The average molecular weight is 347 g/mol. The number of nitrogens with one attached hydrogen (secondary N) is 1. The van der Waals surface area contributed by atoms with Crippen LogP contribution in [0.2, 0.25) is 5.02 Å². The predicted molar refractivity (Wildman–Crippen MR) is 87.1 cm³/mol. The van der Waals surface area contributed by atoms with Crippen molar-refractivity contribution in [3.8, 4) is 16.5 Å². The van der Waals surface area contributed by atoms with Gasteiger partial charge in [-0.2, -0.15) is 14.7 Å². The van der Waals surface area contributed by atoms with E-state index in [1.54, 1.807) is 17.8 Å². The lowest BCUT2D eigenvalue weighted by atomic mass is 10.1. The van der Waals surface area contributed by atoms with Crippen LogP contribution in [0.3, 0.4) is 0 Å². The molecular formula is C14H11ClN6OS. The van der Waals surface area contributed by atoms with Crippen molar-refractivity contribution in [1.29, 1.82) is 0 Å². The SMILES string of the molecule is COc1ccc(Cc2nnc3sc(-c4[nH]ncc4Cl)nn23)cc1. The minimum absolute atomic E-state index is 0.534. The highest BCUT2D eigenvalue weighted by Crippen LogP contribution is 2.29. The van der Waals surface area contributed by atoms with E-state index in [0.29, 0.717) is 22.1 Å². The van der Waals surface area contributed by atoms with Gasteiger partial charge in [0.15, 0.2) is 10.8 Å². The molecule has 9 heteroatoms. The van der Waals surface area contributed by atoms with Gasteiger partial charge in [0.25, 0.3) is 0 Å². The van der Waals surface area contributed by atoms with Crippen molar-refractivity contribution in [2.45, 2.75) is 6.42 Å². The molecule has 0 aliphatic rings. The highest BCUT2D eigenvalue weighted by molar-refractivity contribution is 7.19. The zero-order valence-corrected chi connectivity index (χ0v) is 13.6. The molecule has 116 valence electrons. The first-order chi connectivity index (χ1) is 11.2. The number of aromatic amines is 1. The Morgan fingerprint density at radius 3 is 2.78 bits per heavy atom. The molecule has 4 rings (SSSR count). The monoisotopic (exact) mass is 346 g/mol. The number of methoxy groups -OCH3 is 1. The summed E-state index contributed by atoms with van der Waals surface area (Å²) in [5, 5.41) is 20.9. The van der Waals surface area contributed by atoms with Gasteiger partial charge in [-0.3, -0.25) is 5.10 Å². The quantitative estimate of drug-likeness (QED) is 0.614. The Morgan fingerprint density at radius 1 is 1.26 bits per heavy atom. The average Bonchev–Trinajstić information content (AvgIpc) is 3.25. The van der Waals surface area contributed by atoms with E-state index in [-0.39, 0.29) is 0 Å². The first-order valence-corrected chi connectivity index (χ1v) is 7.97. The number of hydrogen-bond donors (Lipinski definition) is 1. The number of benzene rings is 1. The maximum Gasteiger partial charge on any atom is 0.235 e. The lowest BCUT2D eigenvalue weighted by Crippen LogP contribution is -1.98. The smallest absolute Gasteiger partial charge is 0.235 e. The number of H-pyrrole nitrogens is 1. The van der Waals surface area contributed by atoms with E-state index < -0.39 is 0 Å². The number of ether oxygens (including phenoxy) is 1. The van der Waals surface area contributed by atoms with Crippen molar-refractivity contribution in [3.05, 3.63) is 46.9 Å². The molecule has 0 saturated carbocycles. The molecule has 0 aliphatic heterocycles. The van der Waals surface area contributed by atoms with Crippen molar-refractivity contribution in [3.63, 3.8) is 0 Å². The molecule has 1 aromatic carbocycles. The van der Waals surface area contributed by atoms with Crippen LogP contribution in [0.4, 0.5) is 0 Å². The van der Waals surface area contributed by atoms with E-state index in [0.717, 1.165) is 22.1 Å². The fourth-order valence-corrected chi connectivity index (χ4v) is 3.32. The van der Waals surface area contributed by atoms with E-state index in [9.17, 15) is 0 Å². The molecule has 0 atom stereocenters. The summed E-state index contributed by atoms with van der Waals surface area (Å²) in [7, 11) is 1.65. The number of aromatic nitrogens is 6. The van der Waals surface area contributed by atoms with Crippen LogP contribution in [0.15, 0.2) is 30.5 Å². The summed E-state index contributed by atoms with van der Waals surface area (Å²) in [6.07, 6.45) is 2.18. The molecule has 0 radical (unpaired) electrons. The standard InChI is InChI=1S/C14H11ClN6OS/c1-22-9-4-2-8(3-5-9)6-11-17-19-14-21(11)20-13(23-14)12-10(15)7-16-18-12/h2-5,7H,6H2,1H3,(H,16,18). The first-order valence-electron chi connectivity index (χ1n) is 6.78. The second-order valence-corrected chi connectivity index (χ2v) is 6.20. The van der Waals surface area contributed by atoms with Gasteiger partial charge in [-0.1, -0.05) is 35.1 Å². The third kappa shape index (κ3) is 2.55. The summed E-state index contributed by atoms with van der Waals surface area (Å²) in [6.45, 7) is 0. The van der Waals surface area contributed by atoms with Crippen LogP contribution >= 0.6 is 22.9 Å². The molecule has 0 spiro atoms. The van der Waals surface area contributed by atoms with Crippen LogP contribution in [0.5, 0.6) is 5.75 Å². The Hall–Kier alpha value is -2.45. The van der Waals surface area contributed by atoms with Crippen molar-refractivity contribution < 1.29 is 4.74 Å². The van der Waals surface area contributed by atoms with Gasteiger partial charge in [0.2, 0.25) is 4.96 Å². The van der Waals surface area contributed by atoms with Gasteiger partial charge in [0, 0.05) is 6.42 Å². The van der Waals surface area contributed by atoms with Gasteiger partial charge in [-0.05, 0) is 17.7 Å². The molecule has 0 unspecified atom stereocenters. The van der Waals surface area contributed by atoms with Crippen molar-refractivity contribution >= 4 is 27.9 Å². The number of rotatable bonds is 4. The van der Waals surface area contributed by atoms with Crippen LogP contribution in [0, 0.1) is 0 Å². The molecule has 0 fully saturated rings. The van der Waals surface area contributed by atoms with Gasteiger partial charge in [-0.15, -0.1) is 10.2 Å². The third-order valence-corrected chi connectivity index (χ3v) is 4.59. The normalized spacial score (nSPS) is 11.2. The summed E-state index contributed by atoms with van der Waals surface area (Å²) >= 11 is 7.49. The van der Waals surface area contributed by atoms with Crippen LogP contribution in [-0.2, 0) is 6.42 Å². The Bertz CT molecular complexity index is 957. The van der Waals surface area contributed by atoms with E-state index in [4.69, 9.17) is 16.3 Å². The van der Waals surface area contributed by atoms with Gasteiger partial charge in [0.05, 0.1) is 18.3 Å². The summed E-state index contributed by atoms with van der Waals surface area (Å²) in [6, 6.07) is 7.84. The lowest BCUT2D eigenvalue weighted by molar-refractivity contribution is 0.414. The second-order valence-electron chi connectivity index (χ2n) is 4.84.